The molecule has 0 fully saturated rings. The van der Waals surface area contributed by atoms with Crippen LogP contribution in [0.5, 0.6) is 0 Å². The third-order valence-electron chi connectivity index (χ3n) is 1.13. The highest BCUT2D eigenvalue weighted by Crippen LogP contribution is 2.25. The van der Waals surface area contributed by atoms with E-state index in [-0.39, 0.29) is 0 Å². The van der Waals surface area contributed by atoms with Crippen molar-refractivity contribution in [3.63, 3.8) is 0 Å². The molecule has 0 aliphatic heterocycles. The van der Waals surface area contributed by atoms with Gasteiger partial charge in [0.15, 0.2) is 0 Å². The maximum absolute atomic E-state index is 5.74. The van der Waals surface area contributed by atoms with Gasteiger partial charge in [-0.25, -0.2) is 0 Å². The molecule has 0 bridgehead atoms. The number of anilines is 2. The number of benzene rings is 1. The van der Waals surface area contributed by atoms with Crippen LogP contribution in [-0.2, 0) is 0 Å². The van der Waals surface area contributed by atoms with Gasteiger partial charge in [-0.15, -0.1) is 0 Å². The Morgan fingerprint density at radius 3 is 2.20 bits per heavy atom. The summed E-state index contributed by atoms with van der Waals surface area (Å²) < 4.78 is 0.922. The van der Waals surface area contributed by atoms with Crippen molar-refractivity contribution in [1.82, 2.24) is 0 Å². The third-order valence-corrected chi connectivity index (χ3v) is 2.65. The maximum atomic E-state index is 5.74. The molecule has 0 saturated carbocycles. The predicted molar refractivity (Wildman–Crippen MR) is 53.0 cm³/mol. The molecule has 0 aliphatic carbocycles. The Bertz CT molecular complexity index is 212. The zero-order valence-corrected chi connectivity index (χ0v) is 7.98. The number of nitrogen functional groups attached to an aromatic ring is 2. The van der Waals surface area contributed by atoms with E-state index in [1.54, 1.807) is 12.1 Å². The third kappa shape index (κ3) is 1.46. The SMILES string of the molecule is Nc1cc(Cl)c(I)cc1N. The van der Waals surface area contributed by atoms with Gasteiger partial charge < -0.3 is 11.5 Å². The lowest BCUT2D eigenvalue weighted by molar-refractivity contribution is 1.62. The van der Waals surface area contributed by atoms with Crippen molar-refractivity contribution in [3.8, 4) is 0 Å². The molecular formula is C6H6ClIN2. The van der Waals surface area contributed by atoms with Crippen molar-refractivity contribution in [2.24, 2.45) is 0 Å². The number of hydrogen-bond acceptors (Lipinski definition) is 2. The van der Waals surface area contributed by atoms with Crippen LogP contribution in [0.3, 0.4) is 0 Å². The molecule has 0 atom stereocenters. The minimum Gasteiger partial charge on any atom is -0.397 e. The lowest BCUT2D eigenvalue weighted by Crippen LogP contribution is -1.94. The molecule has 0 heterocycles. The Morgan fingerprint density at radius 1 is 1.20 bits per heavy atom. The van der Waals surface area contributed by atoms with Crippen LogP contribution in [0.2, 0.25) is 5.02 Å². The van der Waals surface area contributed by atoms with Gasteiger partial charge in [0.25, 0.3) is 0 Å². The van der Waals surface area contributed by atoms with Crippen LogP contribution in [0.4, 0.5) is 11.4 Å². The first-order valence-corrected chi connectivity index (χ1v) is 4.07. The lowest BCUT2D eigenvalue weighted by atomic mass is 10.3. The molecule has 10 heavy (non-hydrogen) atoms. The topological polar surface area (TPSA) is 52.0 Å². The van der Waals surface area contributed by atoms with E-state index in [0.717, 1.165) is 3.57 Å². The van der Waals surface area contributed by atoms with Crippen molar-refractivity contribution in [3.05, 3.63) is 20.7 Å². The monoisotopic (exact) mass is 268 g/mol. The van der Waals surface area contributed by atoms with E-state index in [1.165, 1.54) is 0 Å². The summed E-state index contributed by atoms with van der Waals surface area (Å²) in [6.45, 7) is 0. The summed E-state index contributed by atoms with van der Waals surface area (Å²) in [5.74, 6) is 0. The molecule has 0 aliphatic rings. The van der Waals surface area contributed by atoms with Gasteiger partial charge in [0.05, 0.1) is 16.4 Å². The maximum Gasteiger partial charge on any atom is 0.0563 e. The summed E-state index contributed by atoms with van der Waals surface area (Å²) in [6.07, 6.45) is 0. The van der Waals surface area contributed by atoms with Gasteiger partial charge in [0, 0.05) is 3.57 Å². The molecule has 1 aromatic carbocycles. The first kappa shape index (κ1) is 7.94. The molecule has 54 valence electrons. The van der Waals surface area contributed by atoms with E-state index in [1.807, 2.05) is 0 Å². The molecule has 4 heteroatoms. The van der Waals surface area contributed by atoms with Crippen molar-refractivity contribution >= 4 is 45.6 Å². The number of nitrogens with two attached hydrogens (primary N) is 2. The van der Waals surface area contributed by atoms with Gasteiger partial charge in [-0.05, 0) is 34.7 Å². The van der Waals surface area contributed by atoms with Crippen LogP contribution >= 0.6 is 34.2 Å². The average Bonchev–Trinajstić information content (AvgIpc) is 1.84. The van der Waals surface area contributed by atoms with Crippen LogP contribution in [0, 0.1) is 3.57 Å². The first-order chi connectivity index (χ1) is 4.61. The summed E-state index contributed by atoms with van der Waals surface area (Å²) in [7, 11) is 0. The zero-order valence-electron chi connectivity index (χ0n) is 5.07. The van der Waals surface area contributed by atoms with E-state index in [0.29, 0.717) is 16.4 Å². The zero-order chi connectivity index (χ0) is 7.72. The molecule has 0 radical (unpaired) electrons. The number of hydrogen-bond donors (Lipinski definition) is 2. The summed E-state index contributed by atoms with van der Waals surface area (Å²) in [4.78, 5) is 0. The summed E-state index contributed by atoms with van der Waals surface area (Å²) in [6, 6.07) is 3.40. The molecule has 0 unspecified atom stereocenters. The largest absolute Gasteiger partial charge is 0.397 e. The van der Waals surface area contributed by atoms with Crippen LogP contribution < -0.4 is 11.5 Å². The Labute approximate surface area is 77.7 Å². The van der Waals surface area contributed by atoms with Crippen molar-refractivity contribution in [2.75, 3.05) is 11.5 Å². The molecular weight excluding hydrogens is 262 g/mol. The molecule has 1 aromatic rings. The van der Waals surface area contributed by atoms with Crippen LogP contribution in [0.15, 0.2) is 12.1 Å². The van der Waals surface area contributed by atoms with Crippen LogP contribution in [0.25, 0.3) is 0 Å². The Kier molecular flexibility index (Phi) is 2.25. The van der Waals surface area contributed by atoms with Crippen molar-refractivity contribution < 1.29 is 0 Å². The van der Waals surface area contributed by atoms with E-state index in [9.17, 15) is 0 Å². The van der Waals surface area contributed by atoms with Gasteiger partial charge in [0.1, 0.15) is 0 Å². The van der Waals surface area contributed by atoms with Crippen molar-refractivity contribution in [2.45, 2.75) is 0 Å². The highest BCUT2D eigenvalue weighted by molar-refractivity contribution is 14.1. The van der Waals surface area contributed by atoms with Gasteiger partial charge in [-0.3, -0.25) is 0 Å². The van der Waals surface area contributed by atoms with Gasteiger partial charge in [0.2, 0.25) is 0 Å². The molecule has 4 N–H and O–H groups in total. The molecule has 1 rings (SSSR count). The summed E-state index contributed by atoms with van der Waals surface area (Å²) in [5, 5.41) is 0.646. The van der Waals surface area contributed by atoms with E-state index in [4.69, 9.17) is 23.1 Å². The number of halogens is 2. The quantitative estimate of drug-likeness (QED) is 0.559. The van der Waals surface area contributed by atoms with Gasteiger partial charge >= 0.3 is 0 Å². The first-order valence-electron chi connectivity index (χ1n) is 2.61. The second-order valence-corrected chi connectivity index (χ2v) is 3.46. The van der Waals surface area contributed by atoms with E-state index < -0.39 is 0 Å². The molecule has 0 saturated heterocycles. The van der Waals surface area contributed by atoms with Gasteiger partial charge in [-0.1, -0.05) is 11.6 Å². The molecule has 0 amide bonds. The Balaban J connectivity index is 3.28. The highest BCUT2D eigenvalue weighted by Gasteiger charge is 1.99. The van der Waals surface area contributed by atoms with E-state index in [2.05, 4.69) is 22.6 Å². The summed E-state index contributed by atoms with van der Waals surface area (Å²) >= 11 is 7.84. The fourth-order valence-corrected chi connectivity index (χ4v) is 1.24. The fraction of sp³-hybridized carbons (Fsp3) is 0. The summed E-state index contributed by atoms with van der Waals surface area (Å²) in [5.41, 5.74) is 12.1. The normalized spacial score (nSPS) is 9.80. The average molecular weight is 268 g/mol. The Hall–Kier alpha value is -0.160. The van der Waals surface area contributed by atoms with Crippen molar-refractivity contribution in [1.29, 1.82) is 0 Å². The highest BCUT2D eigenvalue weighted by atomic mass is 127. The van der Waals surface area contributed by atoms with E-state index >= 15 is 0 Å². The van der Waals surface area contributed by atoms with Crippen LogP contribution in [-0.4, -0.2) is 0 Å². The standard InChI is InChI=1S/C6H6ClIN2/c7-3-1-5(9)6(10)2-4(3)8/h1-2H,9-10H2. The minimum atomic E-state index is 0.533. The molecule has 0 aromatic heterocycles. The second kappa shape index (κ2) is 2.84. The van der Waals surface area contributed by atoms with Crippen LogP contribution in [0.1, 0.15) is 0 Å². The number of rotatable bonds is 0. The second-order valence-electron chi connectivity index (χ2n) is 1.90. The fourth-order valence-electron chi connectivity index (χ4n) is 0.578. The lowest BCUT2D eigenvalue weighted by Gasteiger charge is -2.01. The minimum absolute atomic E-state index is 0.533. The smallest absolute Gasteiger partial charge is 0.0563 e. The molecule has 2 nitrogen and oxygen atoms in total. The Morgan fingerprint density at radius 2 is 1.70 bits per heavy atom. The van der Waals surface area contributed by atoms with Gasteiger partial charge in [-0.2, -0.15) is 0 Å². The predicted octanol–water partition coefficient (Wildman–Crippen LogP) is 2.11. The molecule has 0 spiro atoms.